The number of aromatic nitrogens is 3. The number of nitrogens with zero attached hydrogens (tertiary/aromatic N) is 4. The molecule has 2 aliphatic heterocycles. The van der Waals surface area contributed by atoms with Gasteiger partial charge in [0.15, 0.2) is 0 Å². The van der Waals surface area contributed by atoms with Crippen molar-refractivity contribution < 1.29 is 28.2 Å². The standard InChI is InChI=1S/C29H27ClF2N4O4/c1-16-8-17-4-6-35(13-25(17)34-28(16)40-15-21-22(31)10-19(30)11-23(21)32)14-27-33-24-3-2-18(29(37)38)9-26(24)36(27)12-20-5-7-39-20/h2-3,8-11,20H,4-7,12-15H2,1H3,(H,37,38)/t20-/m0/s1. The number of carboxylic acid groups (broad SMARTS) is 1. The Hall–Kier alpha value is -3.60. The number of aryl methyl sites for hydroxylation is 1. The van der Waals surface area contributed by atoms with E-state index in [-0.39, 0.29) is 28.9 Å². The summed E-state index contributed by atoms with van der Waals surface area (Å²) in [5, 5.41) is 9.48. The third-order valence-electron chi connectivity index (χ3n) is 7.48. The van der Waals surface area contributed by atoms with Gasteiger partial charge in [-0.25, -0.2) is 23.5 Å². The van der Waals surface area contributed by atoms with Gasteiger partial charge < -0.3 is 19.1 Å². The zero-order chi connectivity index (χ0) is 28.0. The molecule has 1 N–H and O–H groups in total. The predicted molar refractivity (Wildman–Crippen MR) is 144 cm³/mol. The van der Waals surface area contributed by atoms with Gasteiger partial charge in [0.25, 0.3) is 0 Å². The van der Waals surface area contributed by atoms with Gasteiger partial charge in [0.2, 0.25) is 5.88 Å². The van der Waals surface area contributed by atoms with E-state index < -0.39 is 17.6 Å². The average molecular weight is 569 g/mol. The number of pyridine rings is 1. The van der Waals surface area contributed by atoms with E-state index in [2.05, 4.69) is 9.47 Å². The van der Waals surface area contributed by atoms with Crippen molar-refractivity contribution in [3.05, 3.63) is 86.8 Å². The fourth-order valence-electron chi connectivity index (χ4n) is 5.21. The first-order valence-electron chi connectivity index (χ1n) is 13.1. The second kappa shape index (κ2) is 10.8. The maximum Gasteiger partial charge on any atom is 0.335 e. The van der Waals surface area contributed by atoms with Gasteiger partial charge in [-0.1, -0.05) is 11.6 Å². The number of carbonyl (C=O) groups is 1. The van der Waals surface area contributed by atoms with Crippen LogP contribution in [0.3, 0.4) is 0 Å². The SMILES string of the molecule is Cc1cc2c(nc1OCc1c(F)cc(Cl)cc1F)CN(Cc1nc3ccc(C(=O)O)cc3n1C[C@@H]1CCO1)CC2. The number of aromatic carboxylic acids is 1. The lowest BCUT2D eigenvalue weighted by molar-refractivity contribution is -0.0592. The van der Waals surface area contributed by atoms with Crippen LogP contribution in [0.4, 0.5) is 8.78 Å². The Morgan fingerprint density at radius 1 is 1.20 bits per heavy atom. The molecule has 1 saturated heterocycles. The van der Waals surface area contributed by atoms with Crippen LogP contribution in [-0.4, -0.2) is 49.8 Å². The minimum Gasteiger partial charge on any atom is -0.478 e. The van der Waals surface area contributed by atoms with E-state index in [1.54, 1.807) is 18.2 Å². The molecule has 0 unspecified atom stereocenters. The van der Waals surface area contributed by atoms with E-state index in [4.69, 9.17) is 31.0 Å². The molecular weight excluding hydrogens is 542 g/mol. The third kappa shape index (κ3) is 5.26. The summed E-state index contributed by atoms with van der Waals surface area (Å²) in [5.41, 5.74) is 4.25. The molecule has 11 heteroatoms. The Morgan fingerprint density at radius 3 is 2.67 bits per heavy atom. The normalized spacial score (nSPS) is 17.1. The van der Waals surface area contributed by atoms with Crippen LogP contribution in [0.25, 0.3) is 11.0 Å². The summed E-state index contributed by atoms with van der Waals surface area (Å²) in [7, 11) is 0. The van der Waals surface area contributed by atoms with Crippen LogP contribution in [0, 0.1) is 18.6 Å². The Balaban J connectivity index is 1.23. The van der Waals surface area contributed by atoms with Crippen LogP contribution < -0.4 is 4.74 Å². The van der Waals surface area contributed by atoms with E-state index in [1.807, 2.05) is 13.0 Å². The maximum absolute atomic E-state index is 14.2. The van der Waals surface area contributed by atoms with Crippen LogP contribution in [-0.2, 0) is 37.4 Å². The summed E-state index contributed by atoms with van der Waals surface area (Å²) in [6.07, 6.45) is 1.80. The van der Waals surface area contributed by atoms with Crippen molar-refractivity contribution in [3.63, 3.8) is 0 Å². The van der Waals surface area contributed by atoms with Crippen LogP contribution in [0.15, 0.2) is 36.4 Å². The number of ether oxygens (including phenoxy) is 2. The lowest BCUT2D eigenvalue weighted by Crippen LogP contribution is -2.34. The molecule has 208 valence electrons. The summed E-state index contributed by atoms with van der Waals surface area (Å²) in [5.74, 6) is -1.36. The second-order valence-corrected chi connectivity index (χ2v) is 10.7. The van der Waals surface area contributed by atoms with Crippen molar-refractivity contribution in [2.75, 3.05) is 13.2 Å². The molecule has 4 aromatic rings. The van der Waals surface area contributed by atoms with Crippen molar-refractivity contribution in [1.82, 2.24) is 19.4 Å². The Labute approximate surface area is 234 Å². The molecular formula is C29H27ClF2N4O4. The molecule has 8 nitrogen and oxygen atoms in total. The van der Waals surface area contributed by atoms with Gasteiger partial charge in [0.05, 0.1) is 47.0 Å². The topological polar surface area (TPSA) is 89.7 Å². The quantitative estimate of drug-likeness (QED) is 0.309. The molecule has 2 aromatic carbocycles. The molecule has 2 aromatic heterocycles. The molecule has 6 rings (SSSR count). The summed E-state index contributed by atoms with van der Waals surface area (Å²) >= 11 is 5.73. The van der Waals surface area contributed by atoms with Crippen LogP contribution in [0.1, 0.15) is 45.0 Å². The maximum atomic E-state index is 14.2. The van der Waals surface area contributed by atoms with E-state index in [0.29, 0.717) is 25.5 Å². The number of halogens is 3. The zero-order valence-electron chi connectivity index (χ0n) is 21.8. The fraction of sp³-hybridized carbons (Fsp3) is 0.345. The first-order chi connectivity index (χ1) is 19.2. The molecule has 1 atom stereocenters. The molecule has 0 bridgehead atoms. The van der Waals surface area contributed by atoms with Gasteiger partial charge in [-0.3, -0.25) is 4.90 Å². The number of fused-ring (bicyclic) bond motifs is 2. The van der Waals surface area contributed by atoms with Crippen LogP contribution in [0.5, 0.6) is 5.88 Å². The molecule has 4 heterocycles. The number of imidazole rings is 1. The van der Waals surface area contributed by atoms with Gasteiger partial charge in [-0.15, -0.1) is 0 Å². The Morgan fingerprint density at radius 2 is 1.98 bits per heavy atom. The van der Waals surface area contributed by atoms with E-state index >= 15 is 0 Å². The summed E-state index contributed by atoms with van der Waals surface area (Å²) < 4.78 is 42.0. The summed E-state index contributed by atoms with van der Waals surface area (Å²) in [4.78, 5) is 23.4. The molecule has 0 radical (unpaired) electrons. The van der Waals surface area contributed by atoms with Crippen LogP contribution in [0.2, 0.25) is 5.02 Å². The van der Waals surface area contributed by atoms with Crippen molar-refractivity contribution in [3.8, 4) is 5.88 Å². The van der Waals surface area contributed by atoms with E-state index in [0.717, 1.165) is 71.8 Å². The highest BCUT2D eigenvalue weighted by Crippen LogP contribution is 2.28. The minimum absolute atomic E-state index is 0.0157. The molecule has 0 amide bonds. The first-order valence-corrected chi connectivity index (χ1v) is 13.4. The number of carboxylic acids is 1. The highest BCUT2D eigenvalue weighted by molar-refractivity contribution is 6.30. The molecule has 2 aliphatic rings. The highest BCUT2D eigenvalue weighted by Gasteiger charge is 2.26. The van der Waals surface area contributed by atoms with Gasteiger partial charge >= 0.3 is 5.97 Å². The molecule has 40 heavy (non-hydrogen) atoms. The predicted octanol–water partition coefficient (Wildman–Crippen LogP) is 5.30. The summed E-state index contributed by atoms with van der Waals surface area (Å²) in [6.45, 7) is 4.75. The minimum atomic E-state index is -0.982. The number of benzene rings is 2. The third-order valence-corrected chi connectivity index (χ3v) is 7.70. The molecule has 1 fully saturated rings. The largest absolute Gasteiger partial charge is 0.478 e. The highest BCUT2D eigenvalue weighted by atomic mass is 35.5. The van der Waals surface area contributed by atoms with Crippen molar-refractivity contribution in [2.45, 2.75) is 52.1 Å². The Kier molecular flexibility index (Phi) is 7.16. The van der Waals surface area contributed by atoms with Crippen molar-refractivity contribution >= 4 is 28.6 Å². The number of hydrogen-bond donors (Lipinski definition) is 1. The number of hydrogen-bond acceptors (Lipinski definition) is 6. The first kappa shape index (κ1) is 26.6. The molecule has 0 spiro atoms. The number of rotatable bonds is 8. The van der Waals surface area contributed by atoms with Crippen molar-refractivity contribution in [2.24, 2.45) is 0 Å². The summed E-state index contributed by atoms with van der Waals surface area (Å²) in [6, 6.07) is 9.10. The molecule has 0 saturated carbocycles. The van der Waals surface area contributed by atoms with Gasteiger partial charge in [-0.2, -0.15) is 0 Å². The lowest BCUT2D eigenvalue weighted by atomic mass is 10.0. The van der Waals surface area contributed by atoms with Gasteiger partial charge in [0, 0.05) is 30.3 Å². The smallest absolute Gasteiger partial charge is 0.335 e. The van der Waals surface area contributed by atoms with Gasteiger partial charge in [-0.05, 0) is 61.7 Å². The zero-order valence-corrected chi connectivity index (χ0v) is 22.5. The van der Waals surface area contributed by atoms with E-state index in [9.17, 15) is 18.7 Å². The van der Waals surface area contributed by atoms with Crippen LogP contribution >= 0.6 is 11.6 Å². The van der Waals surface area contributed by atoms with Crippen molar-refractivity contribution in [1.29, 1.82) is 0 Å². The lowest BCUT2D eigenvalue weighted by Gasteiger charge is -2.30. The average Bonchev–Trinajstić information content (AvgIpc) is 3.21. The Bertz CT molecular complexity index is 1600. The van der Waals surface area contributed by atoms with Gasteiger partial charge in [0.1, 0.15) is 24.1 Å². The monoisotopic (exact) mass is 568 g/mol. The second-order valence-electron chi connectivity index (χ2n) is 10.2. The fourth-order valence-corrected chi connectivity index (χ4v) is 5.40. The van der Waals surface area contributed by atoms with E-state index in [1.165, 1.54) is 0 Å². The molecule has 0 aliphatic carbocycles.